The van der Waals surface area contributed by atoms with Crippen LogP contribution in [0, 0.1) is 5.92 Å². The van der Waals surface area contributed by atoms with E-state index in [1.807, 2.05) is 10.9 Å². The molecule has 102 valence electrons. The van der Waals surface area contributed by atoms with Gasteiger partial charge in [-0.3, -0.25) is 4.68 Å². The molecule has 0 aromatic carbocycles. The topological polar surface area (TPSA) is 47.1 Å². The van der Waals surface area contributed by atoms with E-state index in [0.29, 0.717) is 0 Å². The quantitative estimate of drug-likeness (QED) is 0.872. The summed E-state index contributed by atoms with van der Waals surface area (Å²) < 4.78 is 1.95. The van der Waals surface area contributed by atoms with Gasteiger partial charge in [0.2, 0.25) is 0 Å². The minimum absolute atomic E-state index is 0.758. The van der Waals surface area contributed by atoms with E-state index in [1.54, 1.807) is 6.20 Å². The van der Waals surface area contributed by atoms with Crippen LogP contribution in [0.2, 0.25) is 0 Å². The third-order valence-electron chi connectivity index (χ3n) is 3.94. The SMILES string of the molecule is CCCC1CCCN(CCn2cc(N)cn2)CC1. The van der Waals surface area contributed by atoms with Gasteiger partial charge < -0.3 is 10.6 Å². The molecule has 1 atom stereocenters. The van der Waals surface area contributed by atoms with Gasteiger partial charge in [0.05, 0.1) is 18.4 Å². The molecule has 2 N–H and O–H groups in total. The summed E-state index contributed by atoms with van der Waals surface area (Å²) in [6, 6.07) is 0. The van der Waals surface area contributed by atoms with Crippen molar-refractivity contribution in [2.75, 3.05) is 25.4 Å². The first-order chi connectivity index (χ1) is 8.78. The van der Waals surface area contributed by atoms with Crippen LogP contribution in [0.4, 0.5) is 5.69 Å². The van der Waals surface area contributed by atoms with Crippen molar-refractivity contribution in [1.82, 2.24) is 14.7 Å². The van der Waals surface area contributed by atoms with Crippen molar-refractivity contribution in [3.63, 3.8) is 0 Å². The second kappa shape index (κ2) is 6.78. The lowest BCUT2D eigenvalue weighted by atomic mass is 9.96. The molecule has 0 saturated carbocycles. The number of nitrogens with two attached hydrogens (primary N) is 1. The number of rotatable bonds is 5. The predicted molar refractivity (Wildman–Crippen MR) is 75.3 cm³/mol. The number of aromatic nitrogens is 2. The first-order valence-corrected chi connectivity index (χ1v) is 7.28. The summed E-state index contributed by atoms with van der Waals surface area (Å²) in [6.45, 7) is 6.85. The molecule has 0 radical (unpaired) electrons. The Morgan fingerprint density at radius 2 is 2.22 bits per heavy atom. The van der Waals surface area contributed by atoms with E-state index in [1.165, 1.54) is 45.2 Å². The van der Waals surface area contributed by atoms with Gasteiger partial charge in [0.1, 0.15) is 0 Å². The van der Waals surface area contributed by atoms with E-state index >= 15 is 0 Å². The average molecular weight is 250 g/mol. The maximum Gasteiger partial charge on any atom is 0.0719 e. The molecule has 2 rings (SSSR count). The van der Waals surface area contributed by atoms with Crippen molar-refractivity contribution >= 4 is 5.69 Å². The van der Waals surface area contributed by atoms with Crippen molar-refractivity contribution in [3.8, 4) is 0 Å². The Labute approximate surface area is 110 Å². The minimum atomic E-state index is 0.758. The van der Waals surface area contributed by atoms with Crippen LogP contribution in [0.1, 0.15) is 39.0 Å². The summed E-state index contributed by atoms with van der Waals surface area (Å²) in [5, 5.41) is 4.23. The molecule has 4 nitrogen and oxygen atoms in total. The van der Waals surface area contributed by atoms with Gasteiger partial charge in [0, 0.05) is 12.7 Å². The zero-order valence-corrected chi connectivity index (χ0v) is 11.5. The first kappa shape index (κ1) is 13.4. The van der Waals surface area contributed by atoms with Crippen molar-refractivity contribution in [1.29, 1.82) is 0 Å². The third kappa shape index (κ3) is 4.02. The highest BCUT2D eigenvalue weighted by molar-refractivity contribution is 5.30. The lowest BCUT2D eigenvalue weighted by molar-refractivity contribution is 0.264. The maximum atomic E-state index is 5.67. The highest BCUT2D eigenvalue weighted by Gasteiger charge is 2.16. The summed E-state index contributed by atoms with van der Waals surface area (Å²) in [5.41, 5.74) is 6.43. The van der Waals surface area contributed by atoms with E-state index in [2.05, 4.69) is 16.9 Å². The normalized spacial score (nSPS) is 21.9. The Morgan fingerprint density at radius 1 is 1.33 bits per heavy atom. The molecule has 1 aromatic rings. The highest BCUT2D eigenvalue weighted by Crippen LogP contribution is 2.21. The summed E-state index contributed by atoms with van der Waals surface area (Å²) >= 11 is 0. The monoisotopic (exact) mass is 250 g/mol. The molecule has 2 heterocycles. The number of likely N-dealkylation sites (tertiary alicyclic amines) is 1. The third-order valence-corrected chi connectivity index (χ3v) is 3.94. The van der Waals surface area contributed by atoms with E-state index in [4.69, 9.17) is 5.73 Å². The fourth-order valence-corrected chi connectivity index (χ4v) is 2.89. The second-order valence-corrected chi connectivity index (χ2v) is 5.46. The van der Waals surface area contributed by atoms with Gasteiger partial charge >= 0.3 is 0 Å². The first-order valence-electron chi connectivity index (χ1n) is 7.28. The van der Waals surface area contributed by atoms with Gasteiger partial charge in [0.25, 0.3) is 0 Å². The molecular formula is C14H26N4. The standard InChI is InChI=1S/C14H26N4/c1-2-4-13-5-3-7-17(8-6-13)9-10-18-12-14(15)11-16-18/h11-13H,2-10,15H2,1H3. The smallest absolute Gasteiger partial charge is 0.0719 e. The molecule has 0 amide bonds. The largest absolute Gasteiger partial charge is 0.396 e. The van der Waals surface area contributed by atoms with Crippen LogP contribution in [0.15, 0.2) is 12.4 Å². The van der Waals surface area contributed by atoms with E-state index in [0.717, 1.165) is 24.7 Å². The predicted octanol–water partition coefficient (Wildman–Crippen LogP) is 2.37. The number of hydrogen-bond acceptors (Lipinski definition) is 3. The molecule has 1 aliphatic heterocycles. The number of nitrogen functional groups attached to an aromatic ring is 1. The molecule has 1 fully saturated rings. The van der Waals surface area contributed by atoms with Crippen LogP contribution in [-0.2, 0) is 6.54 Å². The zero-order valence-electron chi connectivity index (χ0n) is 11.5. The van der Waals surface area contributed by atoms with Gasteiger partial charge in [-0.1, -0.05) is 19.8 Å². The van der Waals surface area contributed by atoms with Gasteiger partial charge in [0.15, 0.2) is 0 Å². The lowest BCUT2D eigenvalue weighted by Crippen LogP contribution is -2.28. The Kier molecular flexibility index (Phi) is 5.05. The lowest BCUT2D eigenvalue weighted by Gasteiger charge is -2.19. The van der Waals surface area contributed by atoms with Crippen molar-refractivity contribution in [2.45, 2.75) is 45.6 Å². The van der Waals surface area contributed by atoms with E-state index in [9.17, 15) is 0 Å². The van der Waals surface area contributed by atoms with Gasteiger partial charge in [-0.05, 0) is 38.3 Å². The van der Waals surface area contributed by atoms with Crippen LogP contribution in [-0.4, -0.2) is 34.3 Å². The van der Waals surface area contributed by atoms with Crippen LogP contribution in [0.5, 0.6) is 0 Å². The van der Waals surface area contributed by atoms with Crippen LogP contribution in [0.3, 0.4) is 0 Å². The Hall–Kier alpha value is -1.03. The second-order valence-electron chi connectivity index (χ2n) is 5.46. The summed E-state index contributed by atoms with van der Waals surface area (Å²) in [7, 11) is 0. The van der Waals surface area contributed by atoms with Gasteiger partial charge in [-0.15, -0.1) is 0 Å². The summed E-state index contributed by atoms with van der Waals surface area (Å²) in [5.74, 6) is 0.959. The number of hydrogen-bond donors (Lipinski definition) is 1. The molecule has 0 spiro atoms. The zero-order chi connectivity index (χ0) is 12.8. The van der Waals surface area contributed by atoms with E-state index in [-0.39, 0.29) is 0 Å². The highest BCUT2D eigenvalue weighted by atomic mass is 15.3. The fourth-order valence-electron chi connectivity index (χ4n) is 2.89. The van der Waals surface area contributed by atoms with Crippen molar-refractivity contribution in [2.24, 2.45) is 5.92 Å². The van der Waals surface area contributed by atoms with Gasteiger partial charge in [-0.25, -0.2) is 0 Å². The molecule has 1 unspecified atom stereocenters. The fraction of sp³-hybridized carbons (Fsp3) is 0.786. The molecule has 1 aromatic heterocycles. The summed E-state index contributed by atoms with van der Waals surface area (Å²) in [4.78, 5) is 2.58. The number of nitrogens with zero attached hydrogens (tertiary/aromatic N) is 3. The van der Waals surface area contributed by atoms with Crippen molar-refractivity contribution < 1.29 is 0 Å². The molecule has 1 aliphatic rings. The average Bonchev–Trinajstić information content (AvgIpc) is 2.64. The molecule has 18 heavy (non-hydrogen) atoms. The Morgan fingerprint density at radius 3 is 2.94 bits per heavy atom. The van der Waals surface area contributed by atoms with E-state index < -0.39 is 0 Å². The molecule has 4 heteroatoms. The summed E-state index contributed by atoms with van der Waals surface area (Å²) in [6.07, 6.45) is 10.5. The molecular weight excluding hydrogens is 224 g/mol. The van der Waals surface area contributed by atoms with Crippen LogP contribution >= 0.6 is 0 Å². The molecule has 1 saturated heterocycles. The molecule has 0 bridgehead atoms. The molecule has 0 aliphatic carbocycles. The Bertz CT molecular complexity index is 347. The maximum absolute atomic E-state index is 5.67. The van der Waals surface area contributed by atoms with Crippen molar-refractivity contribution in [3.05, 3.63) is 12.4 Å². The van der Waals surface area contributed by atoms with Gasteiger partial charge in [-0.2, -0.15) is 5.10 Å². The van der Waals surface area contributed by atoms with Crippen LogP contribution < -0.4 is 5.73 Å². The minimum Gasteiger partial charge on any atom is -0.396 e. The van der Waals surface area contributed by atoms with Crippen LogP contribution in [0.25, 0.3) is 0 Å². The number of anilines is 1. The Balaban J connectivity index is 1.73.